The molecule has 0 radical (unpaired) electrons. The molecule has 0 amide bonds. The largest absolute Gasteiger partial charge is 0.385 e. The van der Waals surface area contributed by atoms with Crippen LogP contribution in [0.25, 0.3) is 0 Å². The van der Waals surface area contributed by atoms with Crippen LogP contribution in [0.15, 0.2) is 24.3 Å². The van der Waals surface area contributed by atoms with Crippen LogP contribution in [0.4, 0.5) is 10.1 Å². The molecular weight excluding hydrogens is 165 g/mol. The van der Waals surface area contributed by atoms with Crippen molar-refractivity contribution in [2.24, 2.45) is 0 Å². The van der Waals surface area contributed by atoms with Crippen LogP contribution >= 0.6 is 0 Å². The predicted octanol–water partition coefficient (Wildman–Crippen LogP) is 2.77. The number of halogens is 1. The van der Waals surface area contributed by atoms with Crippen molar-refractivity contribution in [3.63, 3.8) is 0 Å². The molecule has 2 heteroatoms. The molecule has 70 valence electrons. The van der Waals surface area contributed by atoms with Gasteiger partial charge in [-0.25, -0.2) is 4.39 Å². The van der Waals surface area contributed by atoms with Crippen molar-refractivity contribution in [1.29, 1.82) is 0 Å². The molecule has 2 rings (SSSR count). The van der Waals surface area contributed by atoms with E-state index in [0.717, 1.165) is 17.8 Å². The van der Waals surface area contributed by atoms with Gasteiger partial charge in [-0.2, -0.15) is 0 Å². The summed E-state index contributed by atoms with van der Waals surface area (Å²) >= 11 is 0. The maximum Gasteiger partial charge on any atom is 0.114 e. The summed E-state index contributed by atoms with van der Waals surface area (Å²) in [6.45, 7) is 2.40. The second kappa shape index (κ2) is 3.02. The number of benzene rings is 1. The third kappa shape index (κ3) is 1.82. The molecule has 1 aliphatic heterocycles. The first-order valence-corrected chi connectivity index (χ1v) is 4.68. The molecule has 0 bridgehead atoms. The highest BCUT2D eigenvalue weighted by atomic mass is 19.1. The lowest BCUT2D eigenvalue weighted by Crippen LogP contribution is -2.21. The lowest BCUT2D eigenvalue weighted by molar-refractivity contribution is 0.183. The zero-order valence-corrected chi connectivity index (χ0v) is 7.81. The van der Waals surface area contributed by atoms with E-state index < -0.39 is 5.67 Å². The average Bonchev–Trinajstić information content (AvgIpc) is 2.21. The van der Waals surface area contributed by atoms with Gasteiger partial charge < -0.3 is 5.32 Å². The highest BCUT2D eigenvalue weighted by molar-refractivity contribution is 5.52. The lowest BCUT2D eigenvalue weighted by Gasteiger charge is -2.16. The van der Waals surface area contributed by atoms with Crippen molar-refractivity contribution in [2.45, 2.75) is 25.4 Å². The topological polar surface area (TPSA) is 12.0 Å². The minimum Gasteiger partial charge on any atom is -0.385 e. The molecule has 1 aromatic carbocycles. The Morgan fingerprint density at radius 1 is 1.38 bits per heavy atom. The fourth-order valence-corrected chi connectivity index (χ4v) is 1.79. The van der Waals surface area contributed by atoms with Gasteiger partial charge in [-0.1, -0.05) is 18.2 Å². The van der Waals surface area contributed by atoms with Gasteiger partial charge in [-0.3, -0.25) is 0 Å². The van der Waals surface area contributed by atoms with Crippen molar-refractivity contribution in [2.75, 3.05) is 11.9 Å². The van der Waals surface area contributed by atoms with E-state index in [2.05, 4.69) is 5.32 Å². The highest BCUT2D eigenvalue weighted by Crippen LogP contribution is 2.29. The molecule has 0 spiro atoms. The Morgan fingerprint density at radius 3 is 3.00 bits per heavy atom. The van der Waals surface area contributed by atoms with Crippen molar-refractivity contribution < 1.29 is 4.39 Å². The van der Waals surface area contributed by atoms with Crippen LogP contribution < -0.4 is 5.32 Å². The number of rotatable bonds is 0. The molecule has 1 N–H and O–H groups in total. The van der Waals surface area contributed by atoms with E-state index in [0.29, 0.717) is 12.8 Å². The number of hydrogen-bond acceptors (Lipinski definition) is 1. The summed E-state index contributed by atoms with van der Waals surface area (Å²) < 4.78 is 13.8. The maximum atomic E-state index is 13.8. The summed E-state index contributed by atoms with van der Waals surface area (Å²) in [5, 5.41) is 3.24. The smallest absolute Gasteiger partial charge is 0.114 e. The Morgan fingerprint density at radius 2 is 2.15 bits per heavy atom. The van der Waals surface area contributed by atoms with Gasteiger partial charge in [0.25, 0.3) is 0 Å². The van der Waals surface area contributed by atoms with Gasteiger partial charge in [0.05, 0.1) is 0 Å². The third-order valence-electron chi connectivity index (χ3n) is 2.54. The Hall–Kier alpha value is -1.05. The third-order valence-corrected chi connectivity index (χ3v) is 2.54. The van der Waals surface area contributed by atoms with Gasteiger partial charge in [0.1, 0.15) is 5.67 Å². The predicted molar refractivity (Wildman–Crippen MR) is 52.8 cm³/mol. The van der Waals surface area contributed by atoms with E-state index in [1.165, 1.54) is 0 Å². The van der Waals surface area contributed by atoms with Crippen molar-refractivity contribution in [3.05, 3.63) is 29.8 Å². The molecular formula is C11H14FN. The minimum atomic E-state index is -1.06. The summed E-state index contributed by atoms with van der Waals surface area (Å²) in [6, 6.07) is 7.94. The summed E-state index contributed by atoms with van der Waals surface area (Å²) in [5.41, 5.74) is 1.12. The van der Waals surface area contributed by atoms with Crippen LogP contribution in [0.2, 0.25) is 0 Å². The number of nitrogens with one attached hydrogen (secondary N) is 1. The van der Waals surface area contributed by atoms with E-state index in [4.69, 9.17) is 0 Å². The molecule has 0 fully saturated rings. The molecule has 1 unspecified atom stereocenters. The summed E-state index contributed by atoms with van der Waals surface area (Å²) in [6.07, 6.45) is 1.11. The molecule has 13 heavy (non-hydrogen) atoms. The summed E-state index contributed by atoms with van der Waals surface area (Å²) in [5.74, 6) is 0. The Bertz CT molecular complexity index is 307. The van der Waals surface area contributed by atoms with Crippen molar-refractivity contribution in [3.8, 4) is 0 Å². The SMILES string of the molecule is CC1(F)CCNc2ccccc2C1. The molecule has 1 aromatic rings. The minimum absolute atomic E-state index is 0.524. The fourth-order valence-electron chi connectivity index (χ4n) is 1.79. The van der Waals surface area contributed by atoms with Gasteiger partial charge in [0, 0.05) is 18.7 Å². The van der Waals surface area contributed by atoms with Crippen LogP contribution in [0.3, 0.4) is 0 Å². The van der Waals surface area contributed by atoms with Gasteiger partial charge >= 0.3 is 0 Å². The van der Waals surface area contributed by atoms with Crippen LogP contribution in [0.5, 0.6) is 0 Å². The number of fused-ring (bicyclic) bond motifs is 1. The number of hydrogen-bond donors (Lipinski definition) is 1. The molecule has 1 nitrogen and oxygen atoms in total. The molecule has 1 aliphatic rings. The fraction of sp³-hybridized carbons (Fsp3) is 0.455. The molecule has 0 aliphatic carbocycles. The Labute approximate surface area is 78.0 Å². The number of para-hydroxylation sites is 1. The van der Waals surface area contributed by atoms with Gasteiger partial charge in [0.2, 0.25) is 0 Å². The van der Waals surface area contributed by atoms with E-state index in [9.17, 15) is 4.39 Å². The summed E-state index contributed by atoms with van der Waals surface area (Å²) in [4.78, 5) is 0. The molecule has 0 saturated heterocycles. The van der Waals surface area contributed by atoms with Crippen LogP contribution in [0.1, 0.15) is 18.9 Å². The molecule has 1 heterocycles. The van der Waals surface area contributed by atoms with E-state index in [-0.39, 0.29) is 0 Å². The van der Waals surface area contributed by atoms with Gasteiger partial charge in [-0.15, -0.1) is 0 Å². The second-order valence-electron chi connectivity index (χ2n) is 3.92. The maximum absolute atomic E-state index is 13.8. The first-order chi connectivity index (χ1) is 6.17. The zero-order chi connectivity index (χ0) is 9.31. The number of anilines is 1. The lowest BCUT2D eigenvalue weighted by atomic mass is 9.96. The van der Waals surface area contributed by atoms with E-state index in [1.807, 2.05) is 24.3 Å². The zero-order valence-electron chi connectivity index (χ0n) is 7.81. The molecule has 0 saturated carbocycles. The number of alkyl halides is 1. The first-order valence-electron chi connectivity index (χ1n) is 4.68. The molecule has 0 aromatic heterocycles. The van der Waals surface area contributed by atoms with Gasteiger partial charge in [-0.05, 0) is 25.0 Å². The standard InChI is InChI=1S/C11H14FN/c1-11(12)6-7-13-10-5-3-2-4-9(10)8-11/h2-5,13H,6-8H2,1H3. The van der Waals surface area contributed by atoms with E-state index in [1.54, 1.807) is 6.92 Å². The van der Waals surface area contributed by atoms with Crippen molar-refractivity contribution >= 4 is 5.69 Å². The van der Waals surface area contributed by atoms with Crippen LogP contribution in [0, 0.1) is 0 Å². The van der Waals surface area contributed by atoms with E-state index >= 15 is 0 Å². The Kier molecular flexibility index (Phi) is 1.98. The van der Waals surface area contributed by atoms with Crippen LogP contribution in [-0.2, 0) is 6.42 Å². The molecule has 1 atom stereocenters. The Balaban J connectivity index is 2.34. The van der Waals surface area contributed by atoms with Crippen LogP contribution in [-0.4, -0.2) is 12.2 Å². The first kappa shape index (κ1) is 8.54. The highest BCUT2D eigenvalue weighted by Gasteiger charge is 2.26. The second-order valence-corrected chi connectivity index (χ2v) is 3.92. The average molecular weight is 179 g/mol. The summed E-state index contributed by atoms with van der Waals surface area (Å²) in [7, 11) is 0. The van der Waals surface area contributed by atoms with Crippen molar-refractivity contribution in [1.82, 2.24) is 0 Å². The monoisotopic (exact) mass is 179 g/mol. The quantitative estimate of drug-likeness (QED) is 0.645. The normalized spacial score (nSPS) is 27.2. The van der Waals surface area contributed by atoms with Gasteiger partial charge in [0.15, 0.2) is 0 Å².